The van der Waals surface area contributed by atoms with Gasteiger partial charge in [0.2, 0.25) is 5.89 Å². The van der Waals surface area contributed by atoms with Crippen molar-refractivity contribution in [1.29, 1.82) is 0 Å². The lowest BCUT2D eigenvalue weighted by molar-refractivity contribution is 0.263. The van der Waals surface area contributed by atoms with Crippen molar-refractivity contribution in [3.8, 4) is 0 Å². The summed E-state index contributed by atoms with van der Waals surface area (Å²) in [6.45, 7) is -0.173. The summed E-state index contributed by atoms with van der Waals surface area (Å²) in [4.78, 5) is 5.16. The van der Waals surface area contributed by atoms with Crippen LogP contribution in [-0.4, -0.2) is 15.2 Å². The van der Waals surface area contributed by atoms with Crippen molar-refractivity contribution < 1.29 is 9.63 Å². The lowest BCUT2D eigenvalue weighted by Gasteiger charge is -1.87. The van der Waals surface area contributed by atoms with Gasteiger partial charge in [-0.3, -0.25) is 0 Å². The third-order valence-corrected chi connectivity index (χ3v) is 2.43. The van der Waals surface area contributed by atoms with E-state index in [-0.39, 0.29) is 6.61 Å². The molecule has 2 aromatic rings. The Morgan fingerprint density at radius 2 is 2.46 bits per heavy atom. The molecule has 68 valence electrons. The van der Waals surface area contributed by atoms with Crippen molar-refractivity contribution in [2.24, 2.45) is 0 Å². The molecule has 1 N–H and O–H groups in total. The van der Waals surface area contributed by atoms with Crippen molar-refractivity contribution in [2.75, 3.05) is 0 Å². The van der Waals surface area contributed by atoms with E-state index >= 15 is 0 Å². The third kappa shape index (κ3) is 1.93. The van der Waals surface area contributed by atoms with Crippen LogP contribution in [-0.2, 0) is 13.0 Å². The third-order valence-electron chi connectivity index (χ3n) is 1.56. The number of nitrogens with zero attached hydrogens (tertiary/aromatic N) is 2. The average Bonchev–Trinajstić information content (AvgIpc) is 2.76. The van der Waals surface area contributed by atoms with Crippen LogP contribution in [0.3, 0.4) is 0 Å². The van der Waals surface area contributed by atoms with Crippen LogP contribution in [0.5, 0.6) is 0 Å². The average molecular weight is 196 g/mol. The Balaban J connectivity index is 2.10. The summed E-state index contributed by atoms with van der Waals surface area (Å²) in [6.07, 6.45) is 0.644. The second-order valence-electron chi connectivity index (χ2n) is 2.52. The molecule has 2 heterocycles. The van der Waals surface area contributed by atoms with E-state index in [9.17, 15) is 0 Å². The van der Waals surface area contributed by atoms with Gasteiger partial charge in [-0.15, -0.1) is 11.3 Å². The first-order valence-electron chi connectivity index (χ1n) is 3.83. The first-order valence-corrected chi connectivity index (χ1v) is 4.71. The minimum absolute atomic E-state index is 0.173. The molecule has 4 nitrogen and oxygen atoms in total. The minimum atomic E-state index is -0.173. The van der Waals surface area contributed by atoms with E-state index in [1.165, 1.54) is 4.88 Å². The number of thiophene rings is 1. The van der Waals surface area contributed by atoms with Crippen LogP contribution in [0.1, 0.15) is 16.6 Å². The quantitative estimate of drug-likeness (QED) is 0.801. The second-order valence-corrected chi connectivity index (χ2v) is 3.55. The van der Waals surface area contributed by atoms with Gasteiger partial charge in [-0.2, -0.15) is 4.98 Å². The van der Waals surface area contributed by atoms with Crippen LogP contribution in [0.2, 0.25) is 0 Å². The number of hydrogen-bond donors (Lipinski definition) is 1. The molecule has 0 radical (unpaired) electrons. The fourth-order valence-corrected chi connectivity index (χ4v) is 1.68. The van der Waals surface area contributed by atoms with E-state index in [1.54, 1.807) is 11.3 Å². The summed E-state index contributed by atoms with van der Waals surface area (Å²) in [5.41, 5.74) is 0. The van der Waals surface area contributed by atoms with Crippen LogP contribution >= 0.6 is 11.3 Å². The molecule has 0 amide bonds. The molecule has 0 saturated carbocycles. The Morgan fingerprint density at radius 1 is 1.54 bits per heavy atom. The lowest BCUT2D eigenvalue weighted by Crippen LogP contribution is -1.87. The van der Waals surface area contributed by atoms with Crippen molar-refractivity contribution >= 4 is 11.3 Å². The van der Waals surface area contributed by atoms with E-state index in [0.717, 1.165) is 0 Å². The van der Waals surface area contributed by atoms with Crippen LogP contribution in [0, 0.1) is 0 Å². The molecule has 0 unspecified atom stereocenters. The molecule has 2 rings (SSSR count). The van der Waals surface area contributed by atoms with Crippen LogP contribution in [0.4, 0.5) is 0 Å². The van der Waals surface area contributed by atoms with Crippen LogP contribution < -0.4 is 0 Å². The molecular formula is C8H8N2O2S. The highest BCUT2D eigenvalue weighted by atomic mass is 32.1. The maximum absolute atomic E-state index is 8.69. The molecule has 0 fully saturated rings. The number of rotatable bonds is 3. The largest absolute Gasteiger partial charge is 0.388 e. The Kier molecular flexibility index (Phi) is 2.37. The molecule has 5 heteroatoms. The number of hydrogen-bond acceptors (Lipinski definition) is 5. The molecule has 0 aromatic carbocycles. The molecule has 0 aliphatic carbocycles. The zero-order valence-corrected chi connectivity index (χ0v) is 7.62. The summed E-state index contributed by atoms with van der Waals surface area (Å²) in [7, 11) is 0. The molecule has 0 aliphatic heterocycles. The fraction of sp³-hybridized carbons (Fsp3) is 0.250. The van der Waals surface area contributed by atoms with Gasteiger partial charge in [0.1, 0.15) is 6.61 Å². The predicted octanol–water partition coefficient (Wildman–Crippen LogP) is 1.21. The molecule has 0 aliphatic rings. The molecule has 0 atom stereocenters. The molecule has 0 spiro atoms. The summed E-state index contributed by atoms with van der Waals surface area (Å²) < 4.78 is 4.91. The maximum atomic E-state index is 8.69. The number of aromatic nitrogens is 2. The SMILES string of the molecule is OCc1noc(Cc2cccs2)n1. The van der Waals surface area contributed by atoms with Gasteiger partial charge in [-0.1, -0.05) is 11.2 Å². The highest BCUT2D eigenvalue weighted by Crippen LogP contribution is 2.13. The van der Waals surface area contributed by atoms with Gasteiger partial charge in [-0.25, -0.2) is 0 Å². The predicted molar refractivity (Wildman–Crippen MR) is 47.3 cm³/mol. The van der Waals surface area contributed by atoms with E-state index in [0.29, 0.717) is 18.1 Å². The highest BCUT2D eigenvalue weighted by Gasteiger charge is 2.06. The van der Waals surface area contributed by atoms with Crippen molar-refractivity contribution in [3.05, 3.63) is 34.1 Å². The van der Waals surface area contributed by atoms with Crippen molar-refractivity contribution in [1.82, 2.24) is 10.1 Å². The first-order chi connectivity index (χ1) is 6.38. The normalized spacial score (nSPS) is 10.5. The van der Waals surface area contributed by atoms with Crippen molar-refractivity contribution in [3.63, 3.8) is 0 Å². The van der Waals surface area contributed by atoms with Gasteiger partial charge in [0.15, 0.2) is 5.82 Å². The topological polar surface area (TPSA) is 59.2 Å². The smallest absolute Gasteiger partial charge is 0.231 e. The van der Waals surface area contributed by atoms with Gasteiger partial charge >= 0.3 is 0 Å². The summed E-state index contributed by atoms with van der Waals surface area (Å²) in [5, 5.41) is 14.3. The molecule has 13 heavy (non-hydrogen) atoms. The van der Waals surface area contributed by atoms with Gasteiger partial charge < -0.3 is 9.63 Å². The monoisotopic (exact) mass is 196 g/mol. The second kappa shape index (κ2) is 3.68. The summed E-state index contributed by atoms with van der Waals surface area (Å²) in [6, 6.07) is 3.98. The summed E-state index contributed by atoms with van der Waals surface area (Å²) >= 11 is 1.64. The van der Waals surface area contributed by atoms with Crippen molar-refractivity contribution in [2.45, 2.75) is 13.0 Å². The standard InChI is InChI=1S/C8H8N2O2S/c11-5-7-9-8(12-10-7)4-6-2-1-3-13-6/h1-3,11H,4-5H2. The molecule has 0 saturated heterocycles. The van der Waals surface area contributed by atoms with Gasteiger partial charge in [0.25, 0.3) is 0 Å². The van der Waals surface area contributed by atoms with E-state index in [2.05, 4.69) is 10.1 Å². The highest BCUT2D eigenvalue weighted by molar-refractivity contribution is 7.09. The Morgan fingerprint density at radius 3 is 3.08 bits per heavy atom. The molecule has 0 bridgehead atoms. The Bertz CT molecular complexity index is 369. The van der Waals surface area contributed by atoms with E-state index in [1.807, 2.05) is 17.5 Å². The number of aliphatic hydroxyl groups excluding tert-OH is 1. The van der Waals surface area contributed by atoms with Gasteiger partial charge in [0.05, 0.1) is 6.42 Å². The van der Waals surface area contributed by atoms with E-state index in [4.69, 9.17) is 9.63 Å². The summed E-state index contributed by atoms with van der Waals surface area (Å²) in [5.74, 6) is 0.887. The first kappa shape index (κ1) is 8.40. The minimum Gasteiger partial charge on any atom is -0.388 e. The molecular weight excluding hydrogens is 188 g/mol. The van der Waals surface area contributed by atoms with Gasteiger partial charge in [-0.05, 0) is 11.4 Å². The van der Waals surface area contributed by atoms with E-state index < -0.39 is 0 Å². The Labute approximate surface area is 78.8 Å². The van der Waals surface area contributed by atoms with Crippen LogP contribution in [0.15, 0.2) is 22.0 Å². The molecule has 2 aromatic heterocycles. The zero-order valence-electron chi connectivity index (χ0n) is 6.80. The zero-order chi connectivity index (χ0) is 9.10. The number of aliphatic hydroxyl groups is 1. The Hall–Kier alpha value is -1.20. The fourth-order valence-electron chi connectivity index (χ4n) is 0.988. The van der Waals surface area contributed by atoms with Crippen LogP contribution in [0.25, 0.3) is 0 Å². The van der Waals surface area contributed by atoms with Gasteiger partial charge in [0, 0.05) is 4.88 Å². The maximum Gasteiger partial charge on any atom is 0.231 e. The lowest BCUT2D eigenvalue weighted by atomic mass is 10.3.